The zero-order chi connectivity index (χ0) is 20.6. The van der Waals surface area contributed by atoms with Crippen LogP contribution in [0.3, 0.4) is 0 Å². The highest BCUT2D eigenvalue weighted by molar-refractivity contribution is 5.58. The third kappa shape index (κ3) is 4.75. The summed E-state index contributed by atoms with van der Waals surface area (Å²) < 4.78 is 5.44. The minimum absolute atomic E-state index is 0.616. The molecule has 0 aliphatic rings. The maximum absolute atomic E-state index is 5.44. The molecule has 3 aromatic carbocycles. The number of hydrogen-bond donors (Lipinski definition) is 1. The molecule has 0 atom stereocenters. The van der Waals surface area contributed by atoms with E-state index < -0.39 is 0 Å². The van der Waals surface area contributed by atoms with Crippen molar-refractivity contribution in [2.24, 2.45) is 0 Å². The highest BCUT2D eigenvalue weighted by atomic mass is 16.5. The lowest BCUT2D eigenvalue weighted by Crippen LogP contribution is -2.19. The molecule has 0 unspecified atom stereocenters. The molecule has 1 N–H and O–H groups in total. The molecule has 5 heteroatoms. The highest BCUT2D eigenvalue weighted by Crippen LogP contribution is 2.25. The molecular formula is C25H24N4O. The van der Waals surface area contributed by atoms with Crippen molar-refractivity contribution in [2.75, 3.05) is 17.3 Å². The first-order valence-corrected chi connectivity index (χ1v) is 9.89. The topological polar surface area (TPSA) is 50.3 Å². The van der Waals surface area contributed by atoms with E-state index >= 15 is 0 Å². The van der Waals surface area contributed by atoms with Crippen molar-refractivity contribution in [2.45, 2.75) is 13.1 Å². The Hall–Kier alpha value is -3.86. The van der Waals surface area contributed by atoms with Crippen LogP contribution < -0.4 is 15.0 Å². The van der Waals surface area contributed by atoms with Gasteiger partial charge in [-0.15, -0.1) is 0 Å². The quantitative estimate of drug-likeness (QED) is 0.430. The van der Waals surface area contributed by atoms with Crippen LogP contribution in [0.25, 0.3) is 0 Å². The minimum Gasteiger partial charge on any atom is -0.496 e. The molecule has 0 spiro atoms. The number of methoxy groups -OCH3 is 1. The van der Waals surface area contributed by atoms with E-state index in [2.05, 4.69) is 39.5 Å². The summed E-state index contributed by atoms with van der Waals surface area (Å²) in [5, 5.41) is 3.39. The molecule has 4 rings (SSSR count). The summed E-state index contributed by atoms with van der Waals surface area (Å²) >= 11 is 0. The molecule has 0 fully saturated rings. The number of anilines is 3. The van der Waals surface area contributed by atoms with Crippen molar-refractivity contribution in [1.29, 1.82) is 0 Å². The van der Waals surface area contributed by atoms with Gasteiger partial charge in [-0.05, 0) is 29.8 Å². The minimum atomic E-state index is 0.616. The molecule has 0 aliphatic carbocycles. The predicted molar refractivity (Wildman–Crippen MR) is 121 cm³/mol. The van der Waals surface area contributed by atoms with Gasteiger partial charge in [0, 0.05) is 24.0 Å². The van der Waals surface area contributed by atoms with Crippen molar-refractivity contribution >= 4 is 17.5 Å². The van der Waals surface area contributed by atoms with Crippen molar-refractivity contribution in [3.8, 4) is 5.75 Å². The number of benzene rings is 3. The van der Waals surface area contributed by atoms with Gasteiger partial charge < -0.3 is 15.0 Å². The fraction of sp³-hybridized carbons (Fsp3) is 0.120. The highest BCUT2D eigenvalue weighted by Gasteiger charge is 2.13. The number of hydrogen-bond acceptors (Lipinski definition) is 5. The zero-order valence-corrected chi connectivity index (χ0v) is 16.9. The monoisotopic (exact) mass is 396 g/mol. The van der Waals surface area contributed by atoms with Crippen LogP contribution in [0, 0.1) is 0 Å². The van der Waals surface area contributed by atoms with Gasteiger partial charge in [0.05, 0.1) is 13.7 Å². The van der Waals surface area contributed by atoms with Gasteiger partial charge in [0.2, 0.25) is 5.95 Å². The molecule has 30 heavy (non-hydrogen) atoms. The van der Waals surface area contributed by atoms with E-state index in [0.29, 0.717) is 19.0 Å². The van der Waals surface area contributed by atoms with Gasteiger partial charge in [-0.2, -0.15) is 4.98 Å². The van der Waals surface area contributed by atoms with E-state index in [1.165, 1.54) is 5.56 Å². The second kappa shape index (κ2) is 9.56. The van der Waals surface area contributed by atoms with Crippen LogP contribution in [0.4, 0.5) is 17.5 Å². The fourth-order valence-corrected chi connectivity index (χ4v) is 3.26. The second-order valence-corrected chi connectivity index (χ2v) is 6.81. The van der Waals surface area contributed by atoms with Gasteiger partial charge in [-0.3, -0.25) is 0 Å². The summed E-state index contributed by atoms with van der Waals surface area (Å²) in [5.74, 6) is 2.27. The van der Waals surface area contributed by atoms with Crippen molar-refractivity contribution in [3.05, 3.63) is 108 Å². The third-order valence-electron chi connectivity index (χ3n) is 4.79. The number of nitrogens with one attached hydrogen (secondary N) is 1. The van der Waals surface area contributed by atoms with Crippen molar-refractivity contribution in [3.63, 3.8) is 0 Å². The number of rotatable bonds is 8. The van der Waals surface area contributed by atoms with Crippen LogP contribution in [0.5, 0.6) is 5.75 Å². The lowest BCUT2D eigenvalue weighted by molar-refractivity contribution is 0.410. The Morgan fingerprint density at radius 3 is 2.30 bits per heavy atom. The molecule has 0 saturated carbocycles. The Balaban J connectivity index is 1.58. The Morgan fingerprint density at radius 2 is 1.53 bits per heavy atom. The van der Waals surface area contributed by atoms with Crippen LogP contribution in [0.15, 0.2) is 97.2 Å². The summed E-state index contributed by atoms with van der Waals surface area (Å²) in [6.07, 6.45) is 1.79. The van der Waals surface area contributed by atoms with Crippen molar-refractivity contribution < 1.29 is 4.74 Å². The first kappa shape index (κ1) is 19.5. The average Bonchev–Trinajstić information content (AvgIpc) is 2.83. The summed E-state index contributed by atoms with van der Waals surface area (Å²) in [6.45, 7) is 1.30. The van der Waals surface area contributed by atoms with Crippen LogP contribution >= 0.6 is 0 Å². The lowest BCUT2D eigenvalue weighted by Gasteiger charge is -2.23. The van der Waals surface area contributed by atoms with E-state index in [4.69, 9.17) is 9.72 Å². The van der Waals surface area contributed by atoms with E-state index in [1.807, 2.05) is 66.7 Å². The van der Waals surface area contributed by atoms with E-state index in [-0.39, 0.29) is 0 Å². The first-order chi connectivity index (χ1) is 14.8. The maximum atomic E-state index is 5.44. The molecular weight excluding hydrogens is 372 g/mol. The average molecular weight is 396 g/mol. The largest absolute Gasteiger partial charge is 0.496 e. The Labute approximate surface area is 177 Å². The molecule has 0 amide bonds. The molecule has 5 nitrogen and oxygen atoms in total. The van der Waals surface area contributed by atoms with E-state index in [9.17, 15) is 0 Å². The maximum Gasteiger partial charge on any atom is 0.232 e. The van der Waals surface area contributed by atoms with Gasteiger partial charge >= 0.3 is 0 Å². The standard InChI is InChI=1S/C25H24N4O/c1-30-23-15-9-8-12-21(23)18-27-24-16-17-26-25(28-24)29(22-13-6-3-7-14-22)19-20-10-4-2-5-11-20/h2-17H,18-19H2,1H3,(H,26,27,28). The summed E-state index contributed by atoms with van der Waals surface area (Å²) in [7, 11) is 1.68. The molecule has 1 heterocycles. The molecule has 4 aromatic rings. The molecule has 0 radical (unpaired) electrons. The fourth-order valence-electron chi connectivity index (χ4n) is 3.26. The van der Waals surface area contributed by atoms with Gasteiger partial charge in [0.1, 0.15) is 11.6 Å². The number of ether oxygens (including phenoxy) is 1. The summed E-state index contributed by atoms with van der Waals surface area (Å²) in [6, 6.07) is 30.4. The lowest BCUT2D eigenvalue weighted by atomic mass is 10.2. The third-order valence-corrected chi connectivity index (χ3v) is 4.79. The first-order valence-electron chi connectivity index (χ1n) is 9.89. The summed E-state index contributed by atoms with van der Waals surface area (Å²) in [5.41, 5.74) is 3.31. The second-order valence-electron chi connectivity index (χ2n) is 6.81. The number of aromatic nitrogens is 2. The normalized spacial score (nSPS) is 10.4. The summed E-state index contributed by atoms with van der Waals surface area (Å²) in [4.78, 5) is 11.4. The number of para-hydroxylation sites is 2. The Morgan fingerprint density at radius 1 is 0.833 bits per heavy atom. The molecule has 0 bridgehead atoms. The van der Waals surface area contributed by atoms with Gasteiger partial charge in [0.15, 0.2) is 0 Å². The zero-order valence-electron chi connectivity index (χ0n) is 16.9. The van der Waals surface area contributed by atoms with E-state index in [1.54, 1.807) is 13.3 Å². The number of nitrogens with zero attached hydrogens (tertiary/aromatic N) is 3. The predicted octanol–water partition coefficient (Wildman–Crippen LogP) is 5.44. The van der Waals surface area contributed by atoms with Crippen LogP contribution in [-0.2, 0) is 13.1 Å². The van der Waals surface area contributed by atoms with E-state index in [0.717, 1.165) is 22.8 Å². The Bertz CT molecular complexity index is 1070. The smallest absolute Gasteiger partial charge is 0.232 e. The van der Waals surface area contributed by atoms with Crippen LogP contribution in [0.2, 0.25) is 0 Å². The SMILES string of the molecule is COc1ccccc1CNc1ccnc(N(Cc2ccccc2)c2ccccc2)n1. The van der Waals surface area contributed by atoms with Crippen LogP contribution in [0.1, 0.15) is 11.1 Å². The van der Waals surface area contributed by atoms with Gasteiger partial charge in [-0.1, -0.05) is 66.7 Å². The molecule has 0 saturated heterocycles. The van der Waals surface area contributed by atoms with Gasteiger partial charge in [0.25, 0.3) is 0 Å². The molecule has 0 aliphatic heterocycles. The molecule has 150 valence electrons. The molecule has 1 aromatic heterocycles. The van der Waals surface area contributed by atoms with Crippen LogP contribution in [-0.4, -0.2) is 17.1 Å². The van der Waals surface area contributed by atoms with Gasteiger partial charge in [-0.25, -0.2) is 4.98 Å². The Kier molecular flexibility index (Phi) is 6.20. The van der Waals surface area contributed by atoms with Crippen molar-refractivity contribution in [1.82, 2.24) is 9.97 Å².